The van der Waals surface area contributed by atoms with Crippen molar-refractivity contribution in [3.8, 4) is 5.75 Å². The predicted molar refractivity (Wildman–Crippen MR) is 191 cm³/mol. The summed E-state index contributed by atoms with van der Waals surface area (Å²) in [6.07, 6.45) is 3.76. The molecule has 12 nitrogen and oxygen atoms in total. The summed E-state index contributed by atoms with van der Waals surface area (Å²) in [5.41, 5.74) is 4.60. The molecular formula is C38H56N4O8. The molecule has 0 fully saturated rings. The summed E-state index contributed by atoms with van der Waals surface area (Å²) in [5.74, 6) is -3.37. The molecule has 0 bridgehead atoms. The lowest BCUT2D eigenvalue weighted by atomic mass is 9.99. The van der Waals surface area contributed by atoms with Crippen molar-refractivity contribution >= 4 is 29.8 Å². The van der Waals surface area contributed by atoms with E-state index in [2.05, 4.69) is 17.6 Å². The lowest BCUT2D eigenvalue weighted by Crippen LogP contribution is -2.55. The normalized spacial score (nSPS) is 13.3. The van der Waals surface area contributed by atoms with E-state index in [1.807, 2.05) is 30.3 Å². The topological polar surface area (TPSA) is 177 Å². The van der Waals surface area contributed by atoms with Gasteiger partial charge in [0.25, 0.3) is 0 Å². The number of amides is 4. The number of unbranched alkanes of at least 4 members (excludes halogenated alkanes) is 5. The van der Waals surface area contributed by atoms with Crippen LogP contribution in [0.3, 0.4) is 0 Å². The smallest absolute Gasteiger partial charge is 0.408 e. The Morgan fingerprint density at radius 2 is 1.36 bits per heavy atom. The molecule has 4 amide bonds. The third-order valence-corrected chi connectivity index (χ3v) is 7.51. The number of hydrogen-bond acceptors (Lipinski definition) is 8. The number of primary amides is 1. The Morgan fingerprint density at radius 1 is 0.780 bits per heavy atom. The maximum absolute atomic E-state index is 14.5. The van der Waals surface area contributed by atoms with Gasteiger partial charge in [-0.05, 0) is 59.6 Å². The Morgan fingerprint density at radius 3 is 1.94 bits per heavy atom. The quantitative estimate of drug-likeness (QED) is 0.117. The number of aromatic hydroxyl groups is 1. The Bertz CT molecular complexity index is 1420. The predicted octanol–water partition coefficient (Wildman–Crippen LogP) is 5.46. The van der Waals surface area contributed by atoms with Gasteiger partial charge in [-0.25, -0.2) is 9.59 Å². The second-order valence-corrected chi connectivity index (χ2v) is 14.4. The number of hydrogen-bond donors (Lipinski definition) is 4. The minimum Gasteiger partial charge on any atom is -0.508 e. The number of phenolic OH excluding ortho intramolecular Hbond substituents is 1. The lowest BCUT2D eigenvalue weighted by molar-refractivity contribution is -0.159. The monoisotopic (exact) mass is 696 g/mol. The average molecular weight is 697 g/mol. The van der Waals surface area contributed by atoms with E-state index in [0.717, 1.165) is 37.7 Å². The second kappa shape index (κ2) is 19.5. The van der Waals surface area contributed by atoms with Gasteiger partial charge in [-0.1, -0.05) is 87.6 Å². The molecular weight excluding hydrogens is 640 g/mol. The van der Waals surface area contributed by atoms with Gasteiger partial charge in [0.05, 0.1) is 6.42 Å². The summed E-state index contributed by atoms with van der Waals surface area (Å²) in [7, 11) is 0. The number of carbonyl (C=O) groups is 5. The van der Waals surface area contributed by atoms with Crippen molar-refractivity contribution in [2.75, 3.05) is 6.54 Å². The highest BCUT2D eigenvalue weighted by Crippen LogP contribution is 2.31. The van der Waals surface area contributed by atoms with Gasteiger partial charge >= 0.3 is 12.1 Å². The SMILES string of the molecule is CCCCCCCCN(C(=O)C(CC(N)=O)NC(=O)OC(C)(C)C)C(C(=O)NC(Cc1ccccc1)C(=O)OC(C)(C)C)c1ccccc1O. The van der Waals surface area contributed by atoms with Crippen molar-refractivity contribution in [1.29, 1.82) is 0 Å². The molecule has 0 saturated carbocycles. The molecule has 0 aromatic heterocycles. The largest absolute Gasteiger partial charge is 0.508 e. The standard InChI is InChI=1S/C38H56N4O8/c1-8-9-10-11-12-18-23-42(34(46)28(25-31(39)44)41-36(48)50-38(5,6)7)32(27-21-16-17-22-30(27)43)33(45)40-29(35(47)49-37(2,3)4)24-26-19-14-13-15-20-26/h13-17,19-22,28-29,32,43H,8-12,18,23-25H2,1-7H3,(H2,39,44)(H,40,45)(H,41,48). The van der Waals surface area contributed by atoms with E-state index in [-0.39, 0.29) is 24.3 Å². The third-order valence-electron chi connectivity index (χ3n) is 7.51. The van der Waals surface area contributed by atoms with E-state index in [1.165, 1.54) is 17.0 Å². The second-order valence-electron chi connectivity index (χ2n) is 14.4. The Kier molecular flexibility index (Phi) is 16.2. The van der Waals surface area contributed by atoms with Crippen LogP contribution in [0.2, 0.25) is 0 Å². The minimum atomic E-state index is -1.49. The van der Waals surface area contributed by atoms with Crippen molar-refractivity contribution < 1.29 is 38.6 Å². The molecule has 0 aliphatic rings. The third kappa shape index (κ3) is 14.9. The number of phenols is 1. The van der Waals surface area contributed by atoms with Gasteiger partial charge in [0.2, 0.25) is 17.7 Å². The Hall–Kier alpha value is -4.61. The van der Waals surface area contributed by atoms with Crippen LogP contribution in [0.1, 0.15) is 111 Å². The van der Waals surface area contributed by atoms with Crippen molar-refractivity contribution in [3.05, 3.63) is 65.7 Å². The van der Waals surface area contributed by atoms with E-state index < -0.39 is 65.5 Å². The summed E-state index contributed by atoms with van der Waals surface area (Å²) in [6.45, 7) is 12.2. The molecule has 0 aliphatic heterocycles. The van der Waals surface area contributed by atoms with E-state index in [9.17, 15) is 29.1 Å². The molecule has 2 aromatic carbocycles. The number of nitrogens with zero attached hydrogens (tertiary/aromatic N) is 1. The molecule has 0 aliphatic carbocycles. The van der Waals surface area contributed by atoms with Crippen molar-refractivity contribution in [1.82, 2.24) is 15.5 Å². The van der Waals surface area contributed by atoms with Gasteiger partial charge in [-0.3, -0.25) is 14.4 Å². The number of ether oxygens (including phenoxy) is 2. The first-order chi connectivity index (χ1) is 23.4. The zero-order valence-electron chi connectivity index (χ0n) is 30.6. The summed E-state index contributed by atoms with van der Waals surface area (Å²) >= 11 is 0. The van der Waals surface area contributed by atoms with E-state index in [0.29, 0.717) is 6.42 Å². The van der Waals surface area contributed by atoms with Gasteiger partial charge in [-0.2, -0.15) is 0 Å². The maximum atomic E-state index is 14.5. The minimum absolute atomic E-state index is 0.0262. The number of carbonyl (C=O) groups excluding carboxylic acids is 5. The molecule has 276 valence electrons. The first kappa shape index (κ1) is 41.6. The van der Waals surface area contributed by atoms with Crippen LogP contribution >= 0.6 is 0 Å². The van der Waals surface area contributed by atoms with Crippen LogP contribution in [0.25, 0.3) is 0 Å². The molecule has 12 heteroatoms. The molecule has 2 rings (SSSR count). The van der Waals surface area contributed by atoms with Crippen molar-refractivity contribution in [2.24, 2.45) is 5.73 Å². The molecule has 0 heterocycles. The number of nitrogens with one attached hydrogen (secondary N) is 2. The highest BCUT2D eigenvalue weighted by Gasteiger charge is 2.39. The number of esters is 1. The van der Waals surface area contributed by atoms with E-state index in [4.69, 9.17) is 15.2 Å². The Balaban J connectivity index is 2.64. The molecule has 3 atom stereocenters. The summed E-state index contributed by atoms with van der Waals surface area (Å²) in [5, 5.41) is 16.3. The zero-order valence-corrected chi connectivity index (χ0v) is 30.6. The molecule has 50 heavy (non-hydrogen) atoms. The fraction of sp³-hybridized carbons (Fsp3) is 0.553. The fourth-order valence-electron chi connectivity index (χ4n) is 5.32. The van der Waals surface area contributed by atoms with Crippen molar-refractivity contribution in [2.45, 2.75) is 129 Å². The first-order valence-corrected chi connectivity index (χ1v) is 17.3. The Labute approximate surface area is 296 Å². The summed E-state index contributed by atoms with van der Waals surface area (Å²) in [6, 6.07) is 11.0. The lowest BCUT2D eigenvalue weighted by Gasteiger charge is -2.35. The van der Waals surface area contributed by atoms with Crippen LogP contribution in [0, 0.1) is 0 Å². The highest BCUT2D eigenvalue weighted by atomic mass is 16.6. The maximum Gasteiger partial charge on any atom is 0.408 e. The molecule has 0 radical (unpaired) electrons. The summed E-state index contributed by atoms with van der Waals surface area (Å²) < 4.78 is 11.0. The molecule has 0 spiro atoms. The number of rotatable bonds is 18. The molecule has 3 unspecified atom stereocenters. The van der Waals surface area contributed by atoms with Crippen LogP contribution in [-0.2, 0) is 35.1 Å². The van der Waals surface area contributed by atoms with Gasteiger partial charge in [-0.15, -0.1) is 0 Å². The number of alkyl carbamates (subject to hydrolysis) is 1. The van der Waals surface area contributed by atoms with Gasteiger partial charge in [0.1, 0.15) is 35.1 Å². The average Bonchev–Trinajstić information content (AvgIpc) is 3.00. The van der Waals surface area contributed by atoms with Crippen LogP contribution in [0.15, 0.2) is 54.6 Å². The van der Waals surface area contributed by atoms with Crippen LogP contribution < -0.4 is 16.4 Å². The van der Waals surface area contributed by atoms with Gasteiger partial charge < -0.3 is 35.8 Å². The van der Waals surface area contributed by atoms with Crippen LogP contribution in [0.5, 0.6) is 5.75 Å². The van der Waals surface area contributed by atoms with Gasteiger partial charge in [0.15, 0.2) is 0 Å². The van der Waals surface area contributed by atoms with Crippen LogP contribution in [0.4, 0.5) is 4.79 Å². The van der Waals surface area contributed by atoms with Crippen molar-refractivity contribution in [3.63, 3.8) is 0 Å². The number of nitrogens with two attached hydrogens (primary N) is 1. The van der Waals surface area contributed by atoms with Crippen LogP contribution in [-0.4, -0.2) is 69.6 Å². The summed E-state index contributed by atoms with van der Waals surface area (Å²) in [4.78, 5) is 68.8. The van der Waals surface area contributed by atoms with E-state index >= 15 is 0 Å². The highest BCUT2D eigenvalue weighted by molar-refractivity contribution is 5.96. The molecule has 2 aromatic rings. The van der Waals surface area contributed by atoms with E-state index in [1.54, 1.807) is 53.7 Å². The number of benzene rings is 2. The van der Waals surface area contributed by atoms with Gasteiger partial charge in [0, 0.05) is 18.5 Å². The zero-order chi connectivity index (χ0) is 37.5. The number of para-hydroxylation sites is 1. The first-order valence-electron chi connectivity index (χ1n) is 17.3. The fourth-order valence-corrected chi connectivity index (χ4v) is 5.32. The molecule has 5 N–H and O–H groups in total. The molecule has 0 saturated heterocycles.